The summed E-state index contributed by atoms with van der Waals surface area (Å²) in [7, 11) is -2.14. The van der Waals surface area contributed by atoms with Gasteiger partial charge in [-0.15, -0.1) is 0 Å². The average molecular weight is 294 g/mol. The van der Waals surface area contributed by atoms with Crippen LogP contribution in [0.5, 0.6) is 0 Å². The van der Waals surface area contributed by atoms with E-state index in [9.17, 15) is 13.2 Å². The molecule has 0 saturated carbocycles. The van der Waals surface area contributed by atoms with Gasteiger partial charge >= 0.3 is 5.97 Å². The smallest absolute Gasteiger partial charge is 0.346 e. The van der Waals surface area contributed by atoms with Gasteiger partial charge < -0.3 is 4.74 Å². The summed E-state index contributed by atoms with van der Waals surface area (Å²) in [4.78, 5) is 12.0. The molecule has 0 fully saturated rings. The van der Waals surface area contributed by atoms with Crippen molar-refractivity contribution in [1.82, 2.24) is 0 Å². The Morgan fingerprint density at radius 2 is 1.85 bits per heavy atom. The number of hydrogen-bond acceptors (Lipinski definition) is 4. The van der Waals surface area contributed by atoms with E-state index in [2.05, 4.69) is 5.73 Å². The first-order valence-corrected chi connectivity index (χ1v) is 8.12. The highest BCUT2D eigenvalue weighted by molar-refractivity contribution is 7.94. The fraction of sp³-hybridized carbons (Fsp3) is 0.333. The number of carbonyl (C=O) groups excluding carboxylic acids is 1. The summed E-state index contributed by atoms with van der Waals surface area (Å²) in [5.74, 6) is -0.603. The van der Waals surface area contributed by atoms with Crippen LogP contribution in [-0.2, 0) is 19.4 Å². The van der Waals surface area contributed by atoms with Gasteiger partial charge in [-0.05, 0) is 12.0 Å². The summed E-state index contributed by atoms with van der Waals surface area (Å²) in [5, 5.41) is 0. The Hall–Kier alpha value is -1.84. The van der Waals surface area contributed by atoms with Crippen molar-refractivity contribution in [3.8, 4) is 0 Å². The SMILES string of the molecule is CCCC(=C=C(C(=O)OC)c1ccccc1)S(C)(=O)=O. The molecule has 1 rings (SSSR count). The molecule has 0 heterocycles. The molecule has 0 spiro atoms. The summed E-state index contributed by atoms with van der Waals surface area (Å²) in [6.45, 7) is 1.87. The standard InChI is InChI=1S/C15H18O4S/c1-4-8-13(20(3,17)18)11-14(15(16)19-2)12-9-6-5-7-10-12/h5-7,9-10H,4,8H2,1-3H3. The van der Waals surface area contributed by atoms with Crippen LogP contribution < -0.4 is 0 Å². The number of ether oxygens (including phenoxy) is 1. The Kier molecular flexibility index (Phi) is 5.74. The Morgan fingerprint density at radius 3 is 2.30 bits per heavy atom. The third kappa shape index (κ3) is 4.37. The van der Waals surface area contributed by atoms with Crippen molar-refractivity contribution in [3.63, 3.8) is 0 Å². The first-order chi connectivity index (χ1) is 9.40. The monoisotopic (exact) mass is 294 g/mol. The van der Waals surface area contributed by atoms with Gasteiger partial charge in [-0.1, -0.05) is 49.4 Å². The second kappa shape index (κ2) is 7.08. The molecule has 20 heavy (non-hydrogen) atoms. The van der Waals surface area contributed by atoms with Crippen LogP contribution in [0.25, 0.3) is 5.57 Å². The van der Waals surface area contributed by atoms with Gasteiger partial charge in [-0.3, -0.25) is 0 Å². The van der Waals surface area contributed by atoms with Crippen molar-refractivity contribution in [1.29, 1.82) is 0 Å². The molecule has 5 heteroatoms. The number of rotatable bonds is 5. The van der Waals surface area contributed by atoms with Gasteiger partial charge in [-0.25, -0.2) is 13.2 Å². The number of benzene rings is 1. The molecule has 0 amide bonds. The van der Waals surface area contributed by atoms with E-state index < -0.39 is 15.8 Å². The first-order valence-electron chi connectivity index (χ1n) is 6.23. The van der Waals surface area contributed by atoms with Gasteiger partial charge in [0.25, 0.3) is 0 Å². The number of esters is 1. The van der Waals surface area contributed by atoms with Gasteiger partial charge in [0.2, 0.25) is 0 Å². The van der Waals surface area contributed by atoms with E-state index in [4.69, 9.17) is 4.74 Å². The predicted molar refractivity (Wildman–Crippen MR) is 78.6 cm³/mol. The largest absolute Gasteiger partial charge is 0.465 e. The maximum atomic E-state index is 11.8. The molecule has 0 aliphatic heterocycles. The molecule has 0 aliphatic carbocycles. The van der Waals surface area contributed by atoms with Crippen LogP contribution in [0, 0.1) is 0 Å². The number of hydrogen-bond donors (Lipinski definition) is 0. The number of sulfone groups is 1. The van der Waals surface area contributed by atoms with Crippen molar-refractivity contribution < 1.29 is 17.9 Å². The molecule has 0 saturated heterocycles. The molecule has 0 unspecified atom stereocenters. The maximum Gasteiger partial charge on any atom is 0.346 e. The minimum absolute atomic E-state index is 0.115. The summed E-state index contributed by atoms with van der Waals surface area (Å²) >= 11 is 0. The van der Waals surface area contributed by atoms with Crippen LogP contribution in [-0.4, -0.2) is 27.8 Å². The molecular weight excluding hydrogens is 276 g/mol. The highest BCUT2D eigenvalue weighted by Gasteiger charge is 2.15. The highest BCUT2D eigenvalue weighted by atomic mass is 32.2. The van der Waals surface area contributed by atoms with E-state index in [0.29, 0.717) is 18.4 Å². The summed E-state index contributed by atoms with van der Waals surface area (Å²) < 4.78 is 28.2. The number of carbonyl (C=O) groups is 1. The quantitative estimate of drug-likeness (QED) is 0.476. The third-order valence-corrected chi connectivity index (χ3v) is 3.84. The van der Waals surface area contributed by atoms with Crippen molar-refractivity contribution >= 4 is 21.4 Å². The molecule has 108 valence electrons. The van der Waals surface area contributed by atoms with Gasteiger partial charge in [0, 0.05) is 6.26 Å². The maximum absolute atomic E-state index is 11.8. The highest BCUT2D eigenvalue weighted by Crippen LogP contribution is 2.18. The predicted octanol–water partition coefficient (Wildman–Crippen LogP) is 2.57. The zero-order chi connectivity index (χ0) is 15.2. The van der Waals surface area contributed by atoms with Crippen LogP contribution >= 0.6 is 0 Å². The van der Waals surface area contributed by atoms with Gasteiger partial charge in [0.15, 0.2) is 9.84 Å². The van der Waals surface area contributed by atoms with Crippen molar-refractivity contribution in [2.75, 3.05) is 13.4 Å². The Balaban J connectivity index is 3.58. The fourth-order valence-electron chi connectivity index (χ4n) is 1.66. The molecule has 0 atom stereocenters. The van der Waals surface area contributed by atoms with Gasteiger partial charge in [-0.2, -0.15) is 0 Å². The van der Waals surface area contributed by atoms with Crippen molar-refractivity contribution in [3.05, 3.63) is 46.5 Å². The van der Waals surface area contributed by atoms with E-state index in [1.807, 2.05) is 13.0 Å². The van der Waals surface area contributed by atoms with Crippen molar-refractivity contribution in [2.24, 2.45) is 0 Å². The van der Waals surface area contributed by atoms with Gasteiger partial charge in [0.1, 0.15) is 5.57 Å². The van der Waals surface area contributed by atoms with E-state index in [1.54, 1.807) is 24.3 Å². The Morgan fingerprint density at radius 1 is 1.25 bits per heavy atom. The Labute approximate surface area is 119 Å². The van der Waals surface area contributed by atoms with E-state index >= 15 is 0 Å². The molecule has 0 aromatic heterocycles. The summed E-state index contributed by atoms with van der Waals surface area (Å²) in [6.07, 6.45) is 2.11. The van der Waals surface area contributed by atoms with Crippen LogP contribution in [0.3, 0.4) is 0 Å². The molecule has 1 aromatic rings. The zero-order valence-electron chi connectivity index (χ0n) is 11.8. The lowest BCUT2D eigenvalue weighted by Crippen LogP contribution is -2.05. The van der Waals surface area contributed by atoms with E-state index in [1.165, 1.54) is 7.11 Å². The van der Waals surface area contributed by atoms with Crippen LogP contribution in [0.2, 0.25) is 0 Å². The lowest BCUT2D eigenvalue weighted by Gasteiger charge is -2.05. The molecule has 0 radical (unpaired) electrons. The second-order valence-electron chi connectivity index (χ2n) is 4.30. The molecule has 0 bridgehead atoms. The lowest BCUT2D eigenvalue weighted by molar-refractivity contribution is -0.133. The van der Waals surface area contributed by atoms with Crippen LogP contribution in [0.1, 0.15) is 25.3 Å². The second-order valence-corrected chi connectivity index (χ2v) is 6.34. The summed E-state index contributed by atoms with van der Waals surface area (Å²) in [5.41, 5.74) is 3.44. The number of methoxy groups -OCH3 is 1. The van der Waals surface area contributed by atoms with Gasteiger partial charge in [0.05, 0.1) is 12.0 Å². The molecule has 4 nitrogen and oxygen atoms in total. The Bertz CT molecular complexity index is 636. The first kappa shape index (κ1) is 16.2. The molecule has 0 aliphatic rings. The normalized spacial score (nSPS) is 10.6. The average Bonchev–Trinajstić information content (AvgIpc) is 2.42. The van der Waals surface area contributed by atoms with E-state index in [-0.39, 0.29) is 10.5 Å². The molecule has 0 N–H and O–H groups in total. The fourth-order valence-corrected chi connectivity index (χ4v) is 2.52. The topological polar surface area (TPSA) is 60.4 Å². The minimum Gasteiger partial charge on any atom is -0.465 e. The lowest BCUT2D eigenvalue weighted by atomic mass is 10.1. The van der Waals surface area contributed by atoms with E-state index in [0.717, 1.165) is 6.26 Å². The molecular formula is C15H18O4S. The summed E-state index contributed by atoms with van der Waals surface area (Å²) in [6, 6.07) is 8.77. The minimum atomic E-state index is -3.39. The van der Waals surface area contributed by atoms with Crippen LogP contribution in [0.15, 0.2) is 41.0 Å². The zero-order valence-corrected chi connectivity index (χ0v) is 12.7. The van der Waals surface area contributed by atoms with Crippen LogP contribution in [0.4, 0.5) is 0 Å². The molecule has 1 aromatic carbocycles. The third-order valence-electron chi connectivity index (χ3n) is 2.64. The van der Waals surface area contributed by atoms with Crippen molar-refractivity contribution in [2.45, 2.75) is 19.8 Å².